The number of nitrogens with zero attached hydrogens (tertiary/aromatic N) is 1. The Labute approximate surface area is 137 Å². The number of anilines is 1. The van der Waals surface area contributed by atoms with E-state index in [2.05, 4.69) is 0 Å². The van der Waals surface area contributed by atoms with Crippen molar-refractivity contribution >= 4 is 15.8 Å². The quantitative estimate of drug-likeness (QED) is 0.675. The van der Waals surface area contributed by atoms with E-state index in [1.165, 1.54) is 7.11 Å². The molecule has 2 atom stereocenters. The molecular weight excluding hydrogens is 322 g/mol. The van der Waals surface area contributed by atoms with Crippen LogP contribution in [0.15, 0.2) is 12.1 Å². The van der Waals surface area contributed by atoms with Gasteiger partial charge in [-0.2, -0.15) is 8.42 Å². The fraction of sp³-hybridized carbons (Fsp3) is 0.600. The van der Waals surface area contributed by atoms with Crippen molar-refractivity contribution in [1.82, 2.24) is 0 Å². The van der Waals surface area contributed by atoms with E-state index in [9.17, 15) is 18.6 Å². The number of aliphatic hydroxyl groups excluding tert-OH is 2. The van der Waals surface area contributed by atoms with Gasteiger partial charge in [-0.15, -0.1) is 0 Å². The Balaban J connectivity index is 3.35. The fourth-order valence-corrected chi connectivity index (χ4v) is 2.73. The predicted molar refractivity (Wildman–Crippen MR) is 88.8 cm³/mol. The second kappa shape index (κ2) is 7.85. The summed E-state index contributed by atoms with van der Waals surface area (Å²) in [4.78, 5) is 1.72. The lowest BCUT2D eigenvalue weighted by molar-refractivity contribution is 0.178. The van der Waals surface area contributed by atoms with E-state index in [-0.39, 0.29) is 18.8 Å². The number of methoxy groups -OCH3 is 1. The highest BCUT2D eigenvalue weighted by atomic mass is 32.2. The molecule has 132 valence electrons. The molecule has 0 saturated carbocycles. The normalized spacial score (nSPS) is 14.2. The highest BCUT2D eigenvalue weighted by molar-refractivity contribution is 7.86. The highest BCUT2D eigenvalue weighted by Gasteiger charge is 2.20. The van der Waals surface area contributed by atoms with Crippen LogP contribution in [0, 0.1) is 6.92 Å². The first-order chi connectivity index (χ1) is 10.5. The van der Waals surface area contributed by atoms with Gasteiger partial charge in [-0.1, -0.05) is 0 Å². The van der Waals surface area contributed by atoms with Gasteiger partial charge < -0.3 is 24.0 Å². The summed E-state index contributed by atoms with van der Waals surface area (Å²) in [5, 5.41) is 19.4. The van der Waals surface area contributed by atoms with Gasteiger partial charge in [-0.05, 0) is 32.4 Å². The second-order valence-electron chi connectivity index (χ2n) is 5.68. The first kappa shape index (κ1) is 19.5. The maximum absolute atomic E-state index is 11.4. The summed E-state index contributed by atoms with van der Waals surface area (Å²) in [6.45, 7) is 5.47. The van der Waals surface area contributed by atoms with Crippen LogP contribution in [0.3, 0.4) is 0 Å². The molecule has 0 aliphatic carbocycles. The van der Waals surface area contributed by atoms with Crippen LogP contribution in [0.1, 0.15) is 19.4 Å². The van der Waals surface area contributed by atoms with Crippen molar-refractivity contribution in [2.45, 2.75) is 33.0 Å². The Bertz CT molecular complexity index is 617. The second-order valence-corrected chi connectivity index (χ2v) is 7.25. The monoisotopic (exact) mass is 347 g/mol. The Morgan fingerprint density at radius 2 is 1.65 bits per heavy atom. The standard InChI is InChI=1S/C15H25NO6S/c1-10-6-15(21-4)13(7-14(10)22-23(5,19)20)16(8-11(2)17)9-12(3)18/h6-7,11-12,17-18H,8-9H2,1-5H3. The summed E-state index contributed by atoms with van der Waals surface area (Å²) >= 11 is 0. The van der Waals surface area contributed by atoms with E-state index < -0.39 is 22.3 Å². The summed E-state index contributed by atoms with van der Waals surface area (Å²) in [5.41, 5.74) is 1.14. The molecule has 8 heteroatoms. The zero-order chi connectivity index (χ0) is 17.8. The van der Waals surface area contributed by atoms with Crippen molar-refractivity contribution in [3.63, 3.8) is 0 Å². The summed E-state index contributed by atoms with van der Waals surface area (Å²) in [5.74, 6) is 0.689. The topological polar surface area (TPSA) is 96.3 Å². The van der Waals surface area contributed by atoms with Crippen LogP contribution in [-0.4, -0.2) is 57.3 Å². The number of benzene rings is 1. The molecule has 0 bridgehead atoms. The molecule has 1 aromatic carbocycles. The Morgan fingerprint density at radius 3 is 2.04 bits per heavy atom. The van der Waals surface area contributed by atoms with Crippen molar-refractivity contribution < 1.29 is 27.6 Å². The number of ether oxygens (including phenoxy) is 1. The molecule has 1 aromatic rings. The van der Waals surface area contributed by atoms with Gasteiger partial charge in [0.15, 0.2) is 0 Å². The minimum absolute atomic E-state index is 0.185. The molecule has 2 unspecified atom stereocenters. The van der Waals surface area contributed by atoms with Crippen LogP contribution in [0.25, 0.3) is 0 Å². The van der Waals surface area contributed by atoms with Crippen LogP contribution in [0.2, 0.25) is 0 Å². The number of hydrogen-bond donors (Lipinski definition) is 2. The Kier molecular flexibility index (Phi) is 6.67. The summed E-state index contributed by atoms with van der Waals surface area (Å²) in [7, 11) is -2.17. The first-order valence-corrected chi connectivity index (χ1v) is 9.04. The lowest BCUT2D eigenvalue weighted by atomic mass is 10.1. The van der Waals surface area contributed by atoms with Gasteiger partial charge in [0.25, 0.3) is 0 Å². The predicted octanol–water partition coefficient (Wildman–Crippen LogP) is 0.910. The van der Waals surface area contributed by atoms with Gasteiger partial charge in [0.1, 0.15) is 11.5 Å². The number of aliphatic hydroxyl groups is 2. The fourth-order valence-electron chi connectivity index (χ4n) is 2.22. The lowest BCUT2D eigenvalue weighted by Gasteiger charge is -2.29. The average Bonchev–Trinajstić information content (AvgIpc) is 2.37. The zero-order valence-electron chi connectivity index (χ0n) is 14.1. The van der Waals surface area contributed by atoms with E-state index in [1.54, 1.807) is 37.8 Å². The minimum atomic E-state index is -3.67. The molecule has 7 nitrogen and oxygen atoms in total. The molecule has 1 rings (SSSR count). The molecule has 0 aliphatic rings. The maximum Gasteiger partial charge on any atom is 0.306 e. The van der Waals surface area contributed by atoms with Crippen molar-refractivity contribution in [3.05, 3.63) is 17.7 Å². The van der Waals surface area contributed by atoms with Gasteiger partial charge in [0.05, 0.1) is 31.3 Å². The summed E-state index contributed by atoms with van der Waals surface area (Å²) < 4.78 is 33.1. The highest BCUT2D eigenvalue weighted by Crippen LogP contribution is 2.36. The van der Waals surface area contributed by atoms with E-state index in [4.69, 9.17) is 8.92 Å². The molecule has 2 N–H and O–H groups in total. The van der Waals surface area contributed by atoms with Crippen LogP contribution in [0.5, 0.6) is 11.5 Å². The number of aryl methyl sites for hydroxylation is 1. The molecule has 0 radical (unpaired) electrons. The molecule has 0 aliphatic heterocycles. The van der Waals surface area contributed by atoms with Gasteiger partial charge in [0, 0.05) is 19.2 Å². The van der Waals surface area contributed by atoms with Crippen LogP contribution in [0.4, 0.5) is 5.69 Å². The van der Waals surface area contributed by atoms with Gasteiger partial charge in [-0.25, -0.2) is 0 Å². The smallest absolute Gasteiger partial charge is 0.306 e. The third-order valence-electron chi connectivity index (χ3n) is 3.03. The molecular formula is C15H25NO6S. The summed E-state index contributed by atoms with van der Waals surface area (Å²) in [6, 6.07) is 3.20. The Hall–Kier alpha value is -1.51. The molecule has 0 amide bonds. The van der Waals surface area contributed by atoms with Gasteiger partial charge in [0.2, 0.25) is 0 Å². The van der Waals surface area contributed by atoms with E-state index in [0.29, 0.717) is 17.0 Å². The minimum Gasteiger partial charge on any atom is -0.495 e. The molecule has 0 aromatic heterocycles. The number of hydrogen-bond acceptors (Lipinski definition) is 7. The van der Waals surface area contributed by atoms with Gasteiger partial charge in [-0.3, -0.25) is 0 Å². The van der Waals surface area contributed by atoms with Crippen LogP contribution < -0.4 is 13.8 Å². The van der Waals surface area contributed by atoms with Crippen LogP contribution in [-0.2, 0) is 10.1 Å². The third-order valence-corrected chi connectivity index (χ3v) is 3.51. The lowest BCUT2D eigenvalue weighted by Crippen LogP contribution is -2.36. The van der Waals surface area contributed by atoms with E-state index in [1.807, 2.05) is 0 Å². The van der Waals surface area contributed by atoms with Crippen molar-refractivity contribution in [2.24, 2.45) is 0 Å². The zero-order valence-corrected chi connectivity index (χ0v) is 14.9. The molecule has 0 saturated heterocycles. The van der Waals surface area contributed by atoms with E-state index >= 15 is 0 Å². The largest absolute Gasteiger partial charge is 0.495 e. The van der Waals surface area contributed by atoms with Crippen molar-refractivity contribution in [2.75, 3.05) is 31.4 Å². The average molecular weight is 347 g/mol. The summed E-state index contributed by atoms with van der Waals surface area (Å²) in [6.07, 6.45) is -0.308. The first-order valence-electron chi connectivity index (χ1n) is 7.22. The van der Waals surface area contributed by atoms with E-state index in [0.717, 1.165) is 6.26 Å². The van der Waals surface area contributed by atoms with Gasteiger partial charge >= 0.3 is 10.1 Å². The third kappa shape index (κ3) is 6.25. The molecule has 0 fully saturated rings. The van der Waals surface area contributed by atoms with Crippen molar-refractivity contribution in [3.8, 4) is 11.5 Å². The molecule has 0 heterocycles. The number of rotatable bonds is 8. The molecule has 23 heavy (non-hydrogen) atoms. The Morgan fingerprint density at radius 1 is 1.13 bits per heavy atom. The SMILES string of the molecule is COc1cc(C)c(OS(C)(=O)=O)cc1N(CC(C)O)CC(C)O. The van der Waals surface area contributed by atoms with Crippen molar-refractivity contribution in [1.29, 1.82) is 0 Å². The molecule has 0 spiro atoms. The van der Waals surface area contributed by atoms with Crippen LogP contribution >= 0.6 is 0 Å². The maximum atomic E-state index is 11.4.